The summed E-state index contributed by atoms with van der Waals surface area (Å²) in [4.78, 5) is 7.12. The fourth-order valence-electron chi connectivity index (χ4n) is 1.98. The van der Waals surface area contributed by atoms with Crippen molar-refractivity contribution < 1.29 is 13.2 Å². The quantitative estimate of drug-likeness (QED) is 0.899. The molecular formula is C13H14F3N3. The average Bonchev–Trinajstić information content (AvgIpc) is 2.81. The summed E-state index contributed by atoms with van der Waals surface area (Å²) in [5.74, 6) is 0.490. The maximum Gasteiger partial charge on any atom is 0.417 e. The fourth-order valence-corrected chi connectivity index (χ4v) is 1.98. The third-order valence-corrected chi connectivity index (χ3v) is 2.86. The van der Waals surface area contributed by atoms with Crippen molar-refractivity contribution in [3.05, 3.63) is 41.3 Å². The van der Waals surface area contributed by atoms with Crippen LogP contribution in [0.1, 0.15) is 24.0 Å². The summed E-state index contributed by atoms with van der Waals surface area (Å²) in [5, 5.41) is 0. The Kier molecular flexibility index (Phi) is 3.61. The van der Waals surface area contributed by atoms with Gasteiger partial charge in [0.05, 0.1) is 17.8 Å². The van der Waals surface area contributed by atoms with Gasteiger partial charge in [0.2, 0.25) is 0 Å². The van der Waals surface area contributed by atoms with E-state index in [0.29, 0.717) is 23.6 Å². The van der Waals surface area contributed by atoms with Crippen LogP contribution in [0.25, 0.3) is 11.3 Å². The summed E-state index contributed by atoms with van der Waals surface area (Å²) < 4.78 is 39.0. The number of nitrogens with two attached hydrogens (primary N) is 1. The van der Waals surface area contributed by atoms with E-state index in [-0.39, 0.29) is 12.1 Å². The second-order valence-electron chi connectivity index (χ2n) is 4.11. The summed E-state index contributed by atoms with van der Waals surface area (Å²) >= 11 is 0. The maximum atomic E-state index is 13.0. The van der Waals surface area contributed by atoms with Crippen molar-refractivity contribution in [2.75, 3.05) is 0 Å². The molecule has 0 amide bonds. The molecule has 0 radical (unpaired) electrons. The van der Waals surface area contributed by atoms with E-state index in [1.807, 2.05) is 6.92 Å². The van der Waals surface area contributed by atoms with E-state index >= 15 is 0 Å². The highest BCUT2D eigenvalue weighted by atomic mass is 19.4. The molecule has 0 spiro atoms. The molecule has 6 heteroatoms. The number of H-pyrrole nitrogens is 1. The Morgan fingerprint density at radius 3 is 2.53 bits per heavy atom. The predicted molar refractivity (Wildman–Crippen MR) is 66.3 cm³/mol. The number of rotatable bonds is 3. The topological polar surface area (TPSA) is 54.7 Å². The highest BCUT2D eigenvalue weighted by molar-refractivity contribution is 5.67. The third-order valence-electron chi connectivity index (χ3n) is 2.86. The lowest BCUT2D eigenvalue weighted by Crippen LogP contribution is -2.07. The van der Waals surface area contributed by atoms with Crippen molar-refractivity contribution in [2.24, 2.45) is 5.73 Å². The number of aromatic amines is 1. The second kappa shape index (κ2) is 5.05. The van der Waals surface area contributed by atoms with E-state index < -0.39 is 11.7 Å². The average molecular weight is 269 g/mol. The van der Waals surface area contributed by atoms with Crippen LogP contribution in [0.4, 0.5) is 13.2 Å². The lowest BCUT2D eigenvalue weighted by atomic mass is 10.0. The number of hydrogen-bond acceptors (Lipinski definition) is 2. The number of imidazole rings is 1. The molecule has 1 aromatic carbocycles. The lowest BCUT2D eigenvalue weighted by molar-refractivity contribution is -0.137. The van der Waals surface area contributed by atoms with E-state index in [0.717, 1.165) is 6.07 Å². The predicted octanol–water partition coefficient (Wildman–Crippen LogP) is 3.12. The van der Waals surface area contributed by atoms with Gasteiger partial charge in [-0.3, -0.25) is 0 Å². The molecule has 0 aliphatic heterocycles. The number of aromatic nitrogens is 2. The molecule has 0 fully saturated rings. The molecule has 2 aromatic rings. The van der Waals surface area contributed by atoms with Crippen LogP contribution >= 0.6 is 0 Å². The van der Waals surface area contributed by atoms with Gasteiger partial charge in [0.1, 0.15) is 5.82 Å². The van der Waals surface area contributed by atoms with Crippen LogP contribution in [-0.2, 0) is 19.1 Å². The van der Waals surface area contributed by atoms with Gasteiger partial charge in [0, 0.05) is 11.3 Å². The highest BCUT2D eigenvalue weighted by Gasteiger charge is 2.34. The van der Waals surface area contributed by atoms with Gasteiger partial charge in [-0.15, -0.1) is 0 Å². The molecule has 0 aliphatic rings. The zero-order valence-corrected chi connectivity index (χ0v) is 10.4. The van der Waals surface area contributed by atoms with E-state index in [9.17, 15) is 13.2 Å². The molecular weight excluding hydrogens is 255 g/mol. The number of nitrogens with zero attached hydrogens (tertiary/aromatic N) is 1. The van der Waals surface area contributed by atoms with E-state index in [1.165, 1.54) is 12.1 Å². The minimum Gasteiger partial charge on any atom is -0.344 e. The molecule has 1 aromatic heterocycles. The standard InChI is InChI=1S/C13H14F3N3/c1-2-10-12(19-11(7-17)18-10)8-5-3-4-6-9(8)13(14,15)16/h3-6H,2,7,17H2,1H3,(H,18,19). The van der Waals surface area contributed by atoms with Crippen molar-refractivity contribution in [3.8, 4) is 11.3 Å². The van der Waals surface area contributed by atoms with Gasteiger partial charge in [-0.2, -0.15) is 13.2 Å². The van der Waals surface area contributed by atoms with Gasteiger partial charge in [-0.1, -0.05) is 25.1 Å². The van der Waals surface area contributed by atoms with Crippen molar-refractivity contribution in [2.45, 2.75) is 26.1 Å². The molecule has 0 aliphatic carbocycles. The Hall–Kier alpha value is -1.82. The summed E-state index contributed by atoms with van der Waals surface area (Å²) in [6.45, 7) is 2.02. The van der Waals surface area contributed by atoms with E-state index in [1.54, 1.807) is 6.07 Å². The fraction of sp³-hybridized carbons (Fsp3) is 0.308. The number of alkyl halides is 3. The first-order valence-corrected chi connectivity index (χ1v) is 5.91. The molecule has 102 valence electrons. The van der Waals surface area contributed by atoms with Gasteiger partial charge in [-0.25, -0.2) is 4.98 Å². The van der Waals surface area contributed by atoms with Gasteiger partial charge in [0.25, 0.3) is 0 Å². The third kappa shape index (κ3) is 2.63. The van der Waals surface area contributed by atoms with Crippen LogP contribution in [0.5, 0.6) is 0 Å². The summed E-state index contributed by atoms with van der Waals surface area (Å²) in [6.07, 6.45) is -3.84. The van der Waals surface area contributed by atoms with Crippen LogP contribution in [0.2, 0.25) is 0 Å². The normalized spacial score (nSPS) is 11.8. The first-order valence-electron chi connectivity index (χ1n) is 5.91. The van der Waals surface area contributed by atoms with Crippen LogP contribution in [0.15, 0.2) is 24.3 Å². The molecule has 0 unspecified atom stereocenters. The van der Waals surface area contributed by atoms with Gasteiger partial charge in [0.15, 0.2) is 0 Å². The van der Waals surface area contributed by atoms with Crippen LogP contribution in [-0.4, -0.2) is 9.97 Å². The molecule has 3 N–H and O–H groups in total. The molecule has 1 heterocycles. The Balaban J connectivity index is 2.62. The molecule has 19 heavy (non-hydrogen) atoms. The Morgan fingerprint density at radius 2 is 1.95 bits per heavy atom. The van der Waals surface area contributed by atoms with Crippen molar-refractivity contribution in [1.29, 1.82) is 0 Å². The highest BCUT2D eigenvalue weighted by Crippen LogP contribution is 2.37. The zero-order chi connectivity index (χ0) is 14.0. The molecule has 3 nitrogen and oxygen atoms in total. The van der Waals surface area contributed by atoms with Gasteiger partial charge >= 0.3 is 6.18 Å². The lowest BCUT2D eigenvalue weighted by Gasteiger charge is -2.11. The minimum absolute atomic E-state index is 0.0859. The van der Waals surface area contributed by atoms with E-state index in [2.05, 4.69) is 9.97 Å². The smallest absolute Gasteiger partial charge is 0.344 e. The molecule has 0 bridgehead atoms. The largest absolute Gasteiger partial charge is 0.417 e. The first kappa shape index (κ1) is 13.6. The molecule has 0 saturated carbocycles. The van der Waals surface area contributed by atoms with Crippen LogP contribution in [0.3, 0.4) is 0 Å². The first-order chi connectivity index (χ1) is 8.97. The van der Waals surface area contributed by atoms with Gasteiger partial charge in [-0.05, 0) is 12.5 Å². The number of hydrogen-bond donors (Lipinski definition) is 2. The van der Waals surface area contributed by atoms with Crippen LogP contribution < -0.4 is 5.73 Å². The van der Waals surface area contributed by atoms with E-state index in [4.69, 9.17) is 5.73 Å². The van der Waals surface area contributed by atoms with Crippen molar-refractivity contribution in [3.63, 3.8) is 0 Å². The molecule has 0 saturated heterocycles. The molecule has 2 rings (SSSR count). The number of halogens is 3. The SMILES string of the molecule is CCc1[nH]c(CN)nc1-c1ccccc1C(F)(F)F. The number of nitrogens with one attached hydrogen (secondary N) is 1. The van der Waals surface area contributed by atoms with Crippen molar-refractivity contribution >= 4 is 0 Å². The summed E-state index contributed by atoms with van der Waals surface area (Å²) in [5.41, 5.74) is 5.87. The monoisotopic (exact) mass is 269 g/mol. The number of benzene rings is 1. The van der Waals surface area contributed by atoms with Gasteiger partial charge < -0.3 is 10.7 Å². The summed E-state index contributed by atoms with van der Waals surface area (Å²) in [6, 6.07) is 5.43. The minimum atomic E-state index is -4.40. The summed E-state index contributed by atoms with van der Waals surface area (Å²) in [7, 11) is 0. The van der Waals surface area contributed by atoms with Crippen molar-refractivity contribution in [1.82, 2.24) is 9.97 Å². The maximum absolute atomic E-state index is 13.0. The van der Waals surface area contributed by atoms with Crippen LogP contribution in [0, 0.1) is 0 Å². The number of aryl methyl sites for hydroxylation is 1. The Bertz CT molecular complexity index is 573. The Labute approximate surface area is 108 Å². The Morgan fingerprint density at radius 1 is 1.26 bits per heavy atom. The second-order valence-corrected chi connectivity index (χ2v) is 4.11. The molecule has 0 atom stereocenters. The zero-order valence-electron chi connectivity index (χ0n) is 10.4.